The van der Waals surface area contributed by atoms with Crippen LogP contribution < -0.4 is 0 Å². The van der Waals surface area contributed by atoms with Crippen LogP contribution in [0.3, 0.4) is 0 Å². The lowest BCUT2D eigenvalue weighted by Crippen LogP contribution is -2.40. The Morgan fingerprint density at radius 1 is 1.17 bits per heavy atom. The van der Waals surface area contributed by atoms with Crippen LogP contribution in [0.15, 0.2) is 12.2 Å². The van der Waals surface area contributed by atoms with Crippen molar-refractivity contribution in [2.45, 2.75) is 17.3 Å². The summed E-state index contributed by atoms with van der Waals surface area (Å²) in [4.78, 5) is 0. The smallest absolute Gasteiger partial charge is 0.281 e. The van der Waals surface area contributed by atoms with E-state index >= 15 is 0 Å². The summed E-state index contributed by atoms with van der Waals surface area (Å²) in [6.07, 6.45) is -8.95. The molecule has 0 aromatic heterocycles. The third kappa shape index (κ3) is 1.54. The first-order valence-corrected chi connectivity index (χ1v) is 3.08. The fourth-order valence-electron chi connectivity index (χ4n) is 0.623. The number of ether oxygens (including phenoxy) is 1. The number of alkyl halides is 6. The average Bonchev–Trinajstić information content (AvgIpc) is 2.05. The van der Waals surface area contributed by atoms with Crippen LogP contribution in [0.4, 0.5) is 22.0 Å². The molecule has 1 heterocycles. The summed E-state index contributed by atoms with van der Waals surface area (Å²) >= 11 is 4.72. The van der Waals surface area contributed by atoms with E-state index in [1.807, 2.05) is 0 Å². The van der Waals surface area contributed by atoms with Gasteiger partial charge in [-0.3, -0.25) is 4.74 Å². The topological polar surface area (TPSA) is 9.23 Å². The van der Waals surface area contributed by atoms with Crippen molar-refractivity contribution in [3.8, 4) is 0 Å². The fourth-order valence-corrected chi connectivity index (χ4v) is 0.788. The lowest BCUT2D eigenvalue weighted by Gasteiger charge is -2.23. The van der Waals surface area contributed by atoms with E-state index in [4.69, 9.17) is 11.6 Å². The summed E-state index contributed by atoms with van der Waals surface area (Å²) in [5.74, 6) is 0. The molecule has 70 valence electrons. The van der Waals surface area contributed by atoms with Crippen molar-refractivity contribution >= 4 is 11.6 Å². The highest BCUT2D eigenvalue weighted by molar-refractivity contribution is 6.25. The first-order chi connectivity index (χ1) is 5.16. The summed E-state index contributed by atoms with van der Waals surface area (Å²) in [6.45, 7) is 0. The Morgan fingerprint density at radius 3 is 1.83 bits per heavy atom. The van der Waals surface area contributed by atoms with Crippen LogP contribution in [-0.2, 0) is 4.74 Å². The summed E-state index contributed by atoms with van der Waals surface area (Å²) in [5, 5.41) is -3.39. The van der Waals surface area contributed by atoms with Gasteiger partial charge in [0.25, 0.3) is 5.06 Å². The zero-order valence-corrected chi connectivity index (χ0v) is 6.09. The molecule has 0 fully saturated rings. The van der Waals surface area contributed by atoms with Crippen LogP contribution in [0.1, 0.15) is 0 Å². The molecule has 0 aliphatic carbocycles. The molecule has 0 saturated heterocycles. The van der Waals surface area contributed by atoms with Crippen LogP contribution in [0.25, 0.3) is 0 Å². The molecule has 1 atom stereocenters. The Morgan fingerprint density at radius 2 is 1.67 bits per heavy atom. The molecular formula is C5H2ClF5O. The number of halogens is 6. The van der Waals surface area contributed by atoms with Gasteiger partial charge in [0.15, 0.2) is 0 Å². The average molecular weight is 209 g/mol. The predicted molar refractivity (Wildman–Crippen MR) is 29.8 cm³/mol. The Kier molecular flexibility index (Phi) is 1.88. The SMILES string of the molecule is FC1(F)C=C[C@@](Cl)(C(F)(F)F)O1. The first kappa shape index (κ1) is 9.73. The molecule has 12 heavy (non-hydrogen) atoms. The van der Waals surface area contributed by atoms with Gasteiger partial charge in [-0.1, -0.05) is 11.6 Å². The van der Waals surface area contributed by atoms with Gasteiger partial charge in [-0.2, -0.15) is 22.0 Å². The monoisotopic (exact) mass is 208 g/mol. The van der Waals surface area contributed by atoms with E-state index in [-0.39, 0.29) is 12.2 Å². The van der Waals surface area contributed by atoms with E-state index in [0.29, 0.717) is 0 Å². The molecule has 0 bridgehead atoms. The minimum absolute atomic E-state index is 0.0342. The van der Waals surface area contributed by atoms with Gasteiger partial charge in [-0.15, -0.1) is 0 Å². The van der Waals surface area contributed by atoms with E-state index in [2.05, 4.69) is 4.74 Å². The summed E-state index contributed by atoms with van der Waals surface area (Å²) in [7, 11) is 0. The van der Waals surface area contributed by atoms with Gasteiger partial charge in [-0.25, -0.2) is 0 Å². The van der Waals surface area contributed by atoms with E-state index in [1.54, 1.807) is 0 Å². The van der Waals surface area contributed by atoms with E-state index in [0.717, 1.165) is 0 Å². The van der Waals surface area contributed by atoms with Crippen molar-refractivity contribution in [1.29, 1.82) is 0 Å². The summed E-state index contributed by atoms with van der Waals surface area (Å²) < 4.78 is 63.0. The van der Waals surface area contributed by atoms with Crippen LogP contribution in [-0.4, -0.2) is 17.3 Å². The van der Waals surface area contributed by atoms with Gasteiger partial charge in [0, 0.05) is 6.08 Å². The lowest BCUT2D eigenvalue weighted by atomic mass is 10.3. The van der Waals surface area contributed by atoms with E-state index < -0.39 is 17.3 Å². The highest BCUT2D eigenvalue weighted by atomic mass is 35.5. The zero-order chi connectivity index (χ0) is 9.62. The van der Waals surface area contributed by atoms with Gasteiger partial charge in [0.2, 0.25) is 0 Å². The molecule has 0 saturated carbocycles. The van der Waals surface area contributed by atoms with Crippen LogP contribution in [0.2, 0.25) is 0 Å². The molecule has 1 aliphatic heterocycles. The molecule has 1 aliphatic rings. The lowest BCUT2D eigenvalue weighted by molar-refractivity contribution is -0.295. The van der Waals surface area contributed by atoms with Gasteiger partial charge < -0.3 is 0 Å². The van der Waals surface area contributed by atoms with Crippen molar-refractivity contribution in [3.05, 3.63) is 12.2 Å². The number of rotatable bonds is 0. The molecule has 0 unspecified atom stereocenters. The van der Waals surface area contributed by atoms with Crippen molar-refractivity contribution < 1.29 is 26.7 Å². The minimum atomic E-state index is -5.05. The predicted octanol–water partition coefficient (Wildman–Crippen LogP) is 2.66. The maximum atomic E-state index is 12.1. The standard InChI is InChI=1S/C5H2ClF5O/c6-3(5(9,10)11)1-2-4(7,8)12-3/h1-2H/t3-/m0/s1. The second-order valence-corrected chi connectivity index (χ2v) is 2.70. The first-order valence-electron chi connectivity index (χ1n) is 2.70. The van der Waals surface area contributed by atoms with E-state index in [1.165, 1.54) is 0 Å². The van der Waals surface area contributed by atoms with Crippen molar-refractivity contribution in [2.75, 3.05) is 0 Å². The molecule has 0 N–H and O–H groups in total. The molecule has 1 nitrogen and oxygen atoms in total. The molecule has 1 rings (SSSR count). The van der Waals surface area contributed by atoms with Crippen molar-refractivity contribution in [1.82, 2.24) is 0 Å². The molecule has 0 spiro atoms. The van der Waals surface area contributed by atoms with Crippen LogP contribution in [0.5, 0.6) is 0 Å². The largest absolute Gasteiger partial charge is 0.435 e. The Labute approximate surface area is 68.7 Å². The normalized spacial score (nSPS) is 34.2. The van der Waals surface area contributed by atoms with Crippen LogP contribution in [0, 0.1) is 0 Å². The minimum Gasteiger partial charge on any atom is -0.281 e. The number of hydrogen-bond acceptors (Lipinski definition) is 1. The third-order valence-corrected chi connectivity index (χ3v) is 1.58. The second kappa shape index (κ2) is 2.32. The zero-order valence-electron chi connectivity index (χ0n) is 5.33. The van der Waals surface area contributed by atoms with Crippen molar-refractivity contribution in [2.24, 2.45) is 0 Å². The Hall–Kier alpha value is -0.360. The summed E-state index contributed by atoms with van der Waals surface area (Å²) in [5.41, 5.74) is 0. The maximum Gasteiger partial charge on any atom is 0.435 e. The molecule has 0 aromatic rings. The van der Waals surface area contributed by atoms with E-state index in [9.17, 15) is 22.0 Å². The second-order valence-electron chi connectivity index (χ2n) is 2.14. The third-order valence-electron chi connectivity index (χ3n) is 1.16. The molecule has 0 aromatic carbocycles. The maximum absolute atomic E-state index is 12.1. The quantitative estimate of drug-likeness (QED) is 0.338. The van der Waals surface area contributed by atoms with Gasteiger partial charge in [-0.05, 0) is 6.08 Å². The highest BCUT2D eigenvalue weighted by Gasteiger charge is 2.61. The molecule has 7 heteroatoms. The number of hydrogen-bond donors (Lipinski definition) is 0. The highest BCUT2D eigenvalue weighted by Crippen LogP contribution is 2.46. The Bertz CT molecular complexity index is 222. The molecular weight excluding hydrogens is 206 g/mol. The van der Waals surface area contributed by atoms with Gasteiger partial charge in [0.05, 0.1) is 0 Å². The molecule has 0 radical (unpaired) electrons. The fraction of sp³-hybridized carbons (Fsp3) is 0.600. The molecule has 0 amide bonds. The van der Waals surface area contributed by atoms with Crippen molar-refractivity contribution in [3.63, 3.8) is 0 Å². The van der Waals surface area contributed by atoms with Crippen LogP contribution >= 0.6 is 11.6 Å². The van der Waals surface area contributed by atoms with Gasteiger partial charge in [0.1, 0.15) is 0 Å². The Balaban J connectivity index is 2.88. The van der Waals surface area contributed by atoms with Gasteiger partial charge >= 0.3 is 12.3 Å². The summed E-state index contributed by atoms with van der Waals surface area (Å²) in [6, 6.07) is 0.